The summed E-state index contributed by atoms with van der Waals surface area (Å²) >= 11 is 1.90. The Hall–Kier alpha value is -1.79. The molecule has 130 valence electrons. The van der Waals surface area contributed by atoms with Gasteiger partial charge in [0, 0.05) is 40.9 Å². The van der Waals surface area contributed by atoms with Crippen LogP contribution in [0.5, 0.6) is 0 Å². The number of anilines is 2. The van der Waals surface area contributed by atoms with Crippen LogP contribution in [0.2, 0.25) is 0 Å². The van der Waals surface area contributed by atoms with Crippen molar-refractivity contribution in [1.29, 1.82) is 0 Å². The van der Waals surface area contributed by atoms with E-state index < -0.39 is 0 Å². The number of rotatable bonds is 1. The van der Waals surface area contributed by atoms with Gasteiger partial charge in [-0.15, -0.1) is 11.8 Å². The predicted octanol–water partition coefficient (Wildman–Crippen LogP) is 2.56. The molecule has 2 unspecified atom stereocenters. The van der Waals surface area contributed by atoms with E-state index in [1.54, 1.807) is 0 Å². The normalized spacial score (nSPS) is 25.0. The molecule has 0 amide bonds. The minimum Gasteiger partial charge on any atom is -0.368 e. The van der Waals surface area contributed by atoms with Crippen molar-refractivity contribution in [3.8, 4) is 11.3 Å². The largest absolute Gasteiger partial charge is 0.368 e. The number of nitrogens with two attached hydrogens (primary N) is 1. The van der Waals surface area contributed by atoms with Gasteiger partial charge in [-0.1, -0.05) is 18.2 Å². The molecule has 25 heavy (non-hydrogen) atoms. The topological polar surface area (TPSA) is 67.1 Å². The van der Waals surface area contributed by atoms with Crippen LogP contribution in [0, 0.1) is 5.92 Å². The second-order valence-electron chi connectivity index (χ2n) is 7.20. The molecule has 2 aromatic rings. The smallest absolute Gasteiger partial charge is 0.222 e. The lowest BCUT2D eigenvalue weighted by Gasteiger charge is -2.24. The molecule has 0 spiro atoms. The third-order valence-electron chi connectivity index (χ3n) is 5.65. The van der Waals surface area contributed by atoms with Crippen LogP contribution in [-0.2, 0) is 6.42 Å². The van der Waals surface area contributed by atoms with Crippen LogP contribution < -0.4 is 16.0 Å². The predicted molar refractivity (Wildman–Crippen MR) is 103 cm³/mol. The molecule has 2 saturated heterocycles. The standard InChI is InChI=1S/C19H23N5S/c20-19-22-17-13-5-1-2-6-16(13)25-9-7-14(17)18(23-19)24-10-12-4-3-8-21-15(12)11-24/h1-2,5-6,12,15,21H,3-4,7-11H2,(H2,20,22,23). The third-order valence-corrected chi connectivity index (χ3v) is 6.73. The summed E-state index contributed by atoms with van der Waals surface area (Å²) in [7, 11) is 0. The number of nitrogens with zero attached hydrogens (tertiary/aromatic N) is 3. The van der Waals surface area contributed by atoms with Gasteiger partial charge >= 0.3 is 0 Å². The van der Waals surface area contributed by atoms with Gasteiger partial charge in [0.15, 0.2) is 0 Å². The Balaban J connectivity index is 1.60. The summed E-state index contributed by atoms with van der Waals surface area (Å²) in [6.45, 7) is 3.25. The second kappa shape index (κ2) is 6.18. The van der Waals surface area contributed by atoms with Gasteiger partial charge in [-0.2, -0.15) is 4.98 Å². The molecular formula is C19H23N5S. The van der Waals surface area contributed by atoms with Crippen LogP contribution in [-0.4, -0.2) is 41.4 Å². The fraction of sp³-hybridized carbons (Fsp3) is 0.474. The highest BCUT2D eigenvalue weighted by atomic mass is 32.2. The average molecular weight is 353 g/mol. The number of aromatic nitrogens is 2. The van der Waals surface area contributed by atoms with Crippen molar-refractivity contribution in [2.45, 2.75) is 30.2 Å². The quantitative estimate of drug-likeness (QED) is 0.821. The number of nitrogens with one attached hydrogen (secondary N) is 1. The fourth-order valence-corrected chi connectivity index (χ4v) is 5.50. The molecule has 3 aliphatic rings. The monoisotopic (exact) mass is 353 g/mol. The summed E-state index contributed by atoms with van der Waals surface area (Å²) in [5.74, 6) is 3.24. The summed E-state index contributed by atoms with van der Waals surface area (Å²) in [5, 5.41) is 3.68. The Morgan fingerprint density at radius 2 is 2.12 bits per heavy atom. The van der Waals surface area contributed by atoms with Crippen molar-refractivity contribution >= 4 is 23.5 Å². The molecule has 2 fully saturated rings. The van der Waals surface area contributed by atoms with E-state index in [9.17, 15) is 0 Å². The van der Waals surface area contributed by atoms with Gasteiger partial charge in [0.1, 0.15) is 5.82 Å². The van der Waals surface area contributed by atoms with Crippen LogP contribution in [0.1, 0.15) is 18.4 Å². The Morgan fingerprint density at radius 1 is 1.20 bits per heavy atom. The lowest BCUT2D eigenvalue weighted by atomic mass is 9.94. The summed E-state index contributed by atoms with van der Waals surface area (Å²) in [6.07, 6.45) is 3.59. The average Bonchev–Trinajstić information content (AvgIpc) is 2.98. The Morgan fingerprint density at radius 3 is 3.04 bits per heavy atom. The molecule has 1 aromatic carbocycles. The van der Waals surface area contributed by atoms with Crippen molar-refractivity contribution in [3.63, 3.8) is 0 Å². The molecule has 2 atom stereocenters. The van der Waals surface area contributed by atoms with Crippen LogP contribution in [0.4, 0.5) is 11.8 Å². The first-order chi connectivity index (χ1) is 12.3. The number of piperidine rings is 1. The van der Waals surface area contributed by atoms with Crippen LogP contribution >= 0.6 is 11.8 Å². The maximum absolute atomic E-state index is 6.13. The first kappa shape index (κ1) is 15.5. The Kier molecular flexibility index (Phi) is 3.82. The second-order valence-corrected chi connectivity index (χ2v) is 8.33. The van der Waals surface area contributed by atoms with E-state index in [2.05, 4.69) is 39.5 Å². The van der Waals surface area contributed by atoms with Gasteiger partial charge in [0.25, 0.3) is 0 Å². The highest BCUT2D eigenvalue weighted by Gasteiger charge is 2.36. The van der Waals surface area contributed by atoms with E-state index in [0.29, 0.717) is 12.0 Å². The lowest BCUT2D eigenvalue weighted by molar-refractivity contribution is 0.340. The van der Waals surface area contributed by atoms with Crippen molar-refractivity contribution in [2.24, 2.45) is 5.92 Å². The van der Waals surface area contributed by atoms with E-state index in [1.807, 2.05) is 11.8 Å². The summed E-state index contributed by atoms with van der Waals surface area (Å²) < 4.78 is 0. The zero-order valence-corrected chi connectivity index (χ0v) is 15.1. The van der Waals surface area contributed by atoms with Crippen LogP contribution in [0.3, 0.4) is 0 Å². The van der Waals surface area contributed by atoms with Gasteiger partial charge in [-0.3, -0.25) is 0 Å². The van der Waals surface area contributed by atoms with Crippen molar-refractivity contribution in [3.05, 3.63) is 29.8 Å². The SMILES string of the molecule is Nc1nc2c(c(N3CC4CCCNC4C3)n1)CCSc1ccccc1-2. The van der Waals surface area contributed by atoms with E-state index >= 15 is 0 Å². The first-order valence-corrected chi connectivity index (χ1v) is 10.1. The van der Waals surface area contributed by atoms with Gasteiger partial charge in [-0.05, 0) is 37.8 Å². The number of hydrogen-bond acceptors (Lipinski definition) is 6. The number of fused-ring (bicyclic) bond motifs is 4. The molecule has 0 aliphatic carbocycles. The molecule has 1 aromatic heterocycles. The van der Waals surface area contributed by atoms with Gasteiger partial charge in [0.2, 0.25) is 5.95 Å². The van der Waals surface area contributed by atoms with E-state index in [1.165, 1.54) is 28.9 Å². The third kappa shape index (κ3) is 2.68. The molecule has 6 heteroatoms. The van der Waals surface area contributed by atoms with E-state index in [0.717, 1.165) is 49.2 Å². The number of thioether (sulfide) groups is 1. The molecule has 4 heterocycles. The van der Waals surface area contributed by atoms with Gasteiger partial charge < -0.3 is 16.0 Å². The van der Waals surface area contributed by atoms with Gasteiger partial charge in [-0.25, -0.2) is 4.98 Å². The minimum absolute atomic E-state index is 0.387. The summed E-state index contributed by atoms with van der Waals surface area (Å²) in [6, 6.07) is 9.11. The minimum atomic E-state index is 0.387. The summed E-state index contributed by atoms with van der Waals surface area (Å²) in [5.41, 5.74) is 9.64. The highest BCUT2D eigenvalue weighted by Crippen LogP contribution is 2.41. The Bertz CT molecular complexity index is 794. The number of benzene rings is 1. The molecule has 3 N–H and O–H groups in total. The van der Waals surface area contributed by atoms with Crippen molar-refractivity contribution in [2.75, 3.05) is 36.0 Å². The van der Waals surface area contributed by atoms with E-state index in [4.69, 9.17) is 10.7 Å². The van der Waals surface area contributed by atoms with Crippen molar-refractivity contribution in [1.82, 2.24) is 15.3 Å². The summed E-state index contributed by atoms with van der Waals surface area (Å²) in [4.78, 5) is 13.1. The van der Waals surface area contributed by atoms with Crippen molar-refractivity contribution < 1.29 is 0 Å². The molecule has 0 saturated carbocycles. The number of nitrogen functional groups attached to an aromatic ring is 1. The Labute approximate surface area is 152 Å². The fourth-order valence-electron chi connectivity index (χ4n) is 4.47. The van der Waals surface area contributed by atoms with Gasteiger partial charge in [0.05, 0.1) is 5.69 Å². The van der Waals surface area contributed by atoms with Crippen LogP contribution in [0.25, 0.3) is 11.3 Å². The molecule has 0 radical (unpaired) electrons. The zero-order valence-electron chi connectivity index (χ0n) is 14.2. The highest BCUT2D eigenvalue weighted by molar-refractivity contribution is 7.99. The molecular weight excluding hydrogens is 330 g/mol. The maximum Gasteiger partial charge on any atom is 0.222 e. The number of hydrogen-bond donors (Lipinski definition) is 2. The molecule has 5 rings (SSSR count). The molecule has 5 nitrogen and oxygen atoms in total. The molecule has 3 aliphatic heterocycles. The lowest BCUT2D eigenvalue weighted by Crippen LogP contribution is -2.40. The maximum atomic E-state index is 6.13. The first-order valence-electron chi connectivity index (χ1n) is 9.16. The van der Waals surface area contributed by atoms with E-state index in [-0.39, 0.29) is 0 Å². The zero-order chi connectivity index (χ0) is 16.8. The molecule has 0 bridgehead atoms. The van der Waals surface area contributed by atoms with Crippen LogP contribution in [0.15, 0.2) is 29.2 Å².